The van der Waals surface area contributed by atoms with Gasteiger partial charge in [-0.15, -0.1) is 0 Å². The van der Waals surface area contributed by atoms with E-state index in [4.69, 9.17) is 0 Å². The summed E-state index contributed by atoms with van der Waals surface area (Å²) in [6.07, 6.45) is 3.09. The molecular weight excluding hydrogens is 520 g/mol. The highest BCUT2D eigenvalue weighted by Gasteiger charge is 2.28. The van der Waals surface area contributed by atoms with Gasteiger partial charge in [0.15, 0.2) is 0 Å². The summed E-state index contributed by atoms with van der Waals surface area (Å²) in [5, 5.41) is 5.50. The van der Waals surface area contributed by atoms with E-state index >= 15 is 4.39 Å². The summed E-state index contributed by atoms with van der Waals surface area (Å²) in [6, 6.07) is 5.38. The van der Waals surface area contributed by atoms with Crippen LogP contribution < -0.4 is 21.9 Å². The van der Waals surface area contributed by atoms with Crippen LogP contribution >= 0.6 is 0 Å². The van der Waals surface area contributed by atoms with E-state index < -0.39 is 40.9 Å². The fraction of sp³-hybridized carbons (Fsp3) is 0.448. The molecule has 11 heteroatoms. The summed E-state index contributed by atoms with van der Waals surface area (Å²) in [4.78, 5) is 53.6. The maximum absolute atomic E-state index is 15.2. The van der Waals surface area contributed by atoms with E-state index in [1.807, 2.05) is 0 Å². The Bertz CT molecular complexity index is 1610. The van der Waals surface area contributed by atoms with Crippen LogP contribution in [-0.4, -0.2) is 45.1 Å². The van der Waals surface area contributed by atoms with Crippen molar-refractivity contribution in [2.75, 3.05) is 18.4 Å². The van der Waals surface area contributed by atoms with Crippen LogP contribution in [0.1, 0.15) is 61.5 Å². The minimum Gasteiger partial charge on any atom is -0.347 e. The number of likely N-dealkylation sites (tertiary alicyclic amines) is 1. The molecule has 0 radical (unpaired) electrons. The summed E-state index contributed by atoms with van der Waals surface area (Å²) < 4.78 is 32.0. The Morgan fingerprint density at radius 2 is 1.80 bits per heavy atom. The molecule has 3 aromatic rings. The molecule has 0 bridgehead atoms. The largest absolute Gasteiger partial charge is 0.347 e. The zero-order valence-corrected chi connectivity index (χ0v) is 22.8. The molecule has 2 N–H and O–H groups in total. The summed E-state index contributed by atoms with van der Waals surface area (Å²) >= 11 is 0. The average Bonchev–Trinajstić information content (AvgIpc) is 3.73. The normalized spacial score (nSPS) is 17.4. The van der Waals surface area contributed by atoms with Crippen molar-refractivity contribution in [3.05, 3.63) is 73.9 Å². The van der Waals surface area contributed by atoms with Crippen LogP contribution in [-0.2, 0) is 6.54 Å². The van der Waals surface area contributed by atoms with Gasteiger partial charge in [-0.2, -0.15) is 0 Å². The summed E-state index contributed by atoms with van der Waals surface area (Å²) in [7, 11) is 0. The number of hydrogen-bond acceptors (Lipinski definition) is 4. The second-order valence-electron chi connectivity index (χ2n) is 11.1. The van der Waals surface area contributed by atoms with Crippen LogP contribution in [0.5, 0.6) is 0 Å². The van der Waals surface area contributed by atoms with Crippen molar-refractivity contribution >= 4 is 28.5 Å². The van der Waals surface area contributed by atoms with Crippen LogP contribution in [0, 0.1) is 24.5 Å². The molecular formula is C29H33F2N5O4. The lowest BCUT2D eigenvalue weighted by molar-refractivity contribution is 0.0908. The van der Waals surface area contributed by atoms with E-state index in [1.165, 1.54) is 32.2 Å². The van der Waals surface area contributed by atoms with Crippen LogP contribution in [0.3, 0.4) is 0 Å². The number of hydrogen-bond donors (Lipinski definition) is 2. The number of piperidine rings is 1. The maximum Gasteiger partial charge on any atom is 0.331 e. The monoisotopic (exact) mass is 553 g/mol. The van der Waals surface area contributed by atoms with E-state index in [2.05, 4.69) is 10.6 Å². The predicted molar refractivity (Wildman–Crippen MR) is 148 cm³/mol. The maximum atomic E-state index is 15.2. The first kappa shape index (κ1) is 27.5. The lowest BCUT2D eigenvalue weighted by Gasteiger charge is -2.33. The van der Waals surface area contributed by atoms with Crippen molar-refractivity contribution < 1.29 is 18.4 Å². The number of urea groups is 1. The molecule has 2 aromatic carbocycles. The summed E-state index contributed by atoms with van der Waals surface area (Å²) in [5.41, 5.74) is -0.289. The second-order valence-corrected chi connectivity index (χ2v) is 11.1. The lowest BCUT2D eigenvalue weighted by atomic mass is 10.0. The molecule has 2 fully saturated rings. The summed E-state index contributed by atoms with van der Waals surface area (Å²) in [6.45, 7) is 6.19. The van der Waals surface area contributed by atoms with Crippen LogP contribution in [0.25, 0.3) is 10.9 Å². The van der Waals surface area contributed by atoms with Gasteiger partial charge in [-0.25, -0.2) is 18.4 Å². The molecule has 3 amide bonds. The molecule has 1 aromatic heterocycles. The molecule has 1 saturated heterocycles. The van der Waals surface area contributed by atoms with Gasteiger partial charge in [0.05, 0.1) is 22.2 Å². The molecule has 212 valence electrons. The molecule has 1 unspecified atom stereocenters. The number of aryl methyl sites for hydroxylation is 1. The molecule has 1 atom stereocenters. The van der Waals surface area contributed by atoms with E-state index in [0.717, 1.165) is 24.5 Å². The number of rotatable bonds is 6. The fourth-order valence-corrected chi connectivity index (χ4v) is 5.26. The number of benzene rings is 2. The number of aromatic nitrogens is 2. The number of halogens is 2. The van der Waals surface area contributed by atoms with Gasteiger partial charge in [0, 0.05) is 37.8 Å². The van der Waals surface area contributed by atoms with Crippen LogP contribution in [0.15, 0.2) is 39.9 Å². The first-order valence-electron chi connectivity index (χ1n) is 13.6. The Labute approximate surface area is 229 Å². The van der Waals surface area contributed by atoms with Gasteiger partial charge in [0.2, 0.25) is 0 Å². The number of fused-ring (bicyclic) bond motifs is 1. The van der Waals surface area contributed by atoms with Crippen molar-refractivity contribution in [3.63, 3.8) is 0 Å². The SMILES string of the molecule is Cc1ccc(F)c(C(=O)NC2CCCN(C(=O)Nc3cc4c(=O)n(CC5CC5)c(=O)n(C(C)C)c4cc3F)C2)c1. The molecule has 40 heavy (non-hydrogen) atoms. The minimum atomic E-state index is -0.772. The zero-order chi connectivity index (χ0) is 28.7. The highest BCUT2D eigenvalue weighted by molar-refractivity contribution is 5.95. The van der Waals surface area contributed by atoms with Gasteiger partial charge in [0.1, 0.15) is 11.6 Å². The third-order valence-corrected chi connectivity index (χ3v) is 7.56. The van der Waals surface area contributed by atoms with Crippen LogP contribution in [0.2, 0.25) is 0 Å². The zero-order valence-electron chi connectivity index (χ0n) is 22.8. The number of carbonyl (C=O) groups is 2. The van der Waals surface area contributed by atoms with Gasteiger partial charge >= 0.3 is 11.7 Å². The Balaban J connectivity index is 1.36. The second kappa shape index (κ2) is 10.9. The molecule has 1 saturated carbocycles. The van der Waals surface area contributed by atoms with Crippen molar-refractivity contribution in [2.24, 2.45) is 5.92 Å². The van der Waals surface area contributed by atoms with E-state index in [9.17, 15) is 23.6 Å². The molecule has 2 heterocycles. The fourth-order valence-electron chi connectivity index (χ4n) is 5.26. The van der Waals surface area contributed by atoms with Gasteiger partial charge in [-0.3, -0.25) is 18.7 Å². The molecule has 1 aliphatic carbocycles. The molecule has 9 nitrogen and oxygen atoms in total. The number of anilines is 1. The van der Waals surface area contributed by atoms with Crippen molar-refractivity contribution in [1.82, 2.24) is 19.4 Å². The third-order valence-electron chi connectivity index (χ3n) is 7.56. The molecule has 2 aliphatic rings. The average molecular weight is 554 g/mol. The number of amides is 3. The van der Waals surface area contributed by atoms with E-state index in [1.54, 1.807) is 26.8 Å². The van der Waals surface area contributed by atoms with E-state index in [-0.39, 0.29) is 40.7 Å². The minimum absolute atomic E-state index is 0.0629. The number of nitrogens with zero attached hydrogens (tertiary/aromatic N) is 3. The molecule has 1 aliphatic heterocycles. The van der Waals surface area contributed by atoms with Crippen LogP contribution in [0.4, 0.5) is 19.3 Å². The summed E-state index contributed by atoms with van der Waals surface area (Å²) in [5.74, 6) is -1.68. The smallest absolute Gasteiger partial charge is 0.331 e. The number of carbonyl (C=O) groups excluding carboxylic acids is 2. The quantitative estimate of drug-likeness (QED) is 0.478. The van der Waals surface area contributed by atoms with Crippen molar-refractivity contribution in [2.45, 2.75) is 65.1 Å². The third kappa shape index (κ3) is 5.50. The molecule has 0 spiro atoms. The van der Waals surface area contributed by atoms with Gasteiger partial charge < -0.3 is 15.5 Å². The Hall–Kier alpha value is -4.02. The predicted octanol–water partition coefficient (Wildman–Crippen LogP) is 4.17. The van der Waals surface area contributed by atoms with Gasteiger partial charge in [-0.1, -0.05) is 11.6 Å². The standard InChI is InChI=1S/C29H33F2N5O4/c1-16(2)36-25-13-23(31)24(12-21(25)27(38)35(29(36)40)14-18-7-8-18)33-28(39)34-10-4-5-19(15-34)32-26(37)20-11-17(3)6-9-22(20)30/h6,9,11-13,16,18-19H,4-5,7-8,10,14-15H2,1-3H3,(H,32,37)(H,33,39). The van der Waals surface area contributed by atoms with Crippen molar-refractivity contribution in [3.8, 4) is 0 Å². The Morgan fingerprint density at radius 1 is 1.05 bits per heavy atom. The van der Waals surface area contributed by atoms with Gasteiger partial charge in [-0.05, 0) is 70.6 Å². The Kier molecular flexibility index (Phi) is 7.48. The highest BCUT2D eigenvalue weighted by Crippen LogP contribution is 2.30. The molecule has 5 rings (SSSR count). The Morgan fingerprint density at radius 3 is 2.50 bits per heavy atom. The van der Waals surface area contributed by atoms with E-state index in [0.29, 0.717) is 25.9 Å². The van der Waals surface area contributed by atoms with Gasteiger partial charge in [0.25, 0.3) is 11.5 Å². The lowest BCUT2D eigenvalue weighted by Crippen LogP contribution is -2.50. The first-order chi connectivity index (χ1) is 19.0. The number of nitrogens with one attached hydrogen (secondary N) is 2. The van der Waals surface area contributed by atoms with Crippen molar-refractivity contribution in [1.29, 1.82) is 0 Å². The highest BCUT2D eigenvalue weighted by atomic mass is 19.1. The first-order valence-corrected chi connectivity index (χ1v) is 13.6. The topological polar surface area (TPSA) is 105 Å².